The number of carbonyl (C=O) groups is 2. The number of rotatable bonds is 9. The van der Waals surface area contributed by atoms with Gasteiger partial charge in [-0.1, -0.05) is 26.0 Å². The number of benzene rings is 1. The molecule has 7 heteroatoms. The number of nitrogens with zero attached hydrogens (tertiary/aromatic N) is 1. The Kier molecular flexibility index (Phi) is 8.42. The van der Waals surface area contributed by atoms with E-state index in [1.54, 1.807) is 6.07 Å². The van der Waals surface area contributed by atoms with Crippen LogP contribution in [0.3, 0.4) is 0 Å². The smallest absolute Gasteiger partial charge is 0.256 e. The molecule has 2 amide bonds. The van der Waals surface area contributed by atoms with Crippen molar-refractivity contribution >= 4 is 28.2 Å². The summed E-state index contributed by atoms with van der Waals surface area (Å²) in [6, 6.07) is 9.35. The molecular formula is C23H31N3O3S. The molecule has 162 valence electrons. The summed E-state index contributed by atoms with van der Waals surface area (Å²) in [7, 11) is 0. The molecule has 1 aromatic carbocycles. The zero-order valence-corrected chi connectivity index (χ0v) is 18.6. The summed E-state index contributed by atoms with van der Waals surface area (Å²) in [5.41, 5.74) is 2.29. The van der Waals surface area contributed by atoms with Gasteiger partial charge in [-0.05, 0) is 54.4 Å². The van der Waals surface area contributed by atoms with E-state index in [9.17, 15) is 9.59 Å². The molecule has 2 N–H and O–H groups in total. The fourth-order valence-corrected chi connectivity index (χ4v) is 4.14. The van der Waals surface area contributed by atoms with Crippen molar-refractivity contribution in [2.45, 2.75) is 32.6 Å². The number of hydrogen-bond acceptors (Lipinski definition) is 5. The minimum atomic E-state index is -0.202. The van der Waals surface area contributed by atoms with Crippen LogP contribution in [-0.2, 0) is 4.74 Å². The molecule has 1 aromatic heterocycles. The van der Waals surface area contributed by atoms with Gasteiger partial charge in [0.1, 0.15) is 5.00 Å². The Morgan fingerprint density at radius 2 is 1.80 bits per heavy atom. The Bertz CT molecular complexity index is 826. The van der Waals surface area contributed by atoms with Gasteiger partial charge in [-0.25, -0.2) is 0 Å². The molecule has 2 heterocycles. The van der Waals surface area contributed by atoms with Crippen molar-refractivity contribution in [2.75, 3.05) is 44.7 Å². The molecule has 0 aliphatic carbocycles. The number of hydrogen-bond donors (Lipinski definition) is 2. The lowest BCUT2D eigenvalue weighted by atomic mass is 10.0. The number of anilines is 1. The molecule has 1 aliphatic rings. The van der Waals surface area contributed by atoms with E-state index in [1.165, 1.54) is 16.9 Å². The summed E-state index contributed by atoms with van der Waals surface area (Å²) in [6.07, 6.45) is 1.97. The van der Waals surface area contributed by atoms with Gasteiger partial charge in [-0.3, -0.25) is 14.5 Å². The van der Waals surface area contributed by atoms with E-state index < -0.39 is 0 Å². The van der Waals surface area contributed by atoms with Crippen LogP contribution in [0.5, 0.6) is 0 Å². The van der Waals surface area contributed by atoms with Gasteiger partial charge >= 0.3 is 0 Å². The van der Waals surface area contributed by atoms with Crippen LogP contribution in [0, 0.1) is 0 Å². The van der Waals surface area contributed by atoms with E-state index in [1.807, 2.05) is 29.6 Å². The fourth-order valence-electron chi connectivity index (χ4n) is 3.36. The maximum absolute atomic E-state index is 12.6. The van der Waals surface area contributed by atoms with Crippen molar-refractivity contribution in [1.82, 2.24) is 10.2 Å². The Balaban J connectivity index is 1.45. The van der Waals surface area contributed by atoms with Crippen molar-refractivity contribution in [3.8, 4) is 0 Å². The lowest BCUT2D eigenvalue weighted by Crippen LogP contribution is -2.37. The summed E-state index contributed by atoms with van der Waals surface area (Å²) in [5.74, 6) is 0.0731. The maximum atomic E-state index is 12.6. The number of amides is 2. The van der Waals surface area contributed by atoms with Crippen LogP contribution in [0.2, 0.25) is 0 Å². The molecule has 0 unspecified atom stereocenters. The second kappa shape index (κ2) is 11.2. The number of carbonyl (C=O) groups excluding carboxylic acids is 2. The number of unbranched alkanes of at least 4 members (excludes halogenated alkanes) is 1. The maximum Gasteiger partial charge on any atom is 0.256 e. The first kappa shape index (κ1) is 22.5. The SMILES string of the molecule is CC(C)c1ccc(C(=O)Nc2sccc2C(=O)NCCCCN2CCOCC2)cc1. The van der Waals surface area contributed by atoms with Crippen molar-refractivity contribution in [2.24, 2.45) is 0 Å². The molecule has 30 heavy (non-hydrogen) atoms. The normalized spacial score (nSPS) is 14.6. The van der Waals surface area contributed by atoms with Crippen LogP contribution in [0.1, 0.15) is 58.9 Å². The van der Waals surface area contributed by atoms with Gasteiger partial charge in [-0.2, -0.15) is 0 Å². The highest BCUT2D eigenvalue weighted by molar-refractivity contribution is 7.14. The van der Waals surface area contributed by atoms with Crippen LogP contribution in [0.25, 0.3) is 0 Å². The molecule has 6 nitrogen and oxygen atoms in total. The largest absolute Gasteiger partial charge is 0.379 e. The Morgan fingerprint density at radius 3 is 2.50 bits per heavy atom. The molecule has 1 saturated heterocycles. The van der Waals surface area contributed by atoms with Crippen LogP contribution >= 0.6 is 11.3 Å². The fraction of sp³-hybridized carbons (Fsp3) is 0.478. The molecule has 3 rings (SSSR count). The summed E-state index contributed by atoms with van der Waals surface area (Å²) in [4.78, 5) is 27.5. The summed E-state index contributed by atoms with van der Waals surface area (Å²) in [6.45, 7) is 9.51. The van der Waals surface area contributed by atoms with Crippen molar-refractivity contribution in [3.63, 3.8) is 0 Å². The molecule has 2 aromatic rings. The first-order chi connectivity index (χ1) is 14.5. The minimum absolute atomic E-state index is 0.145. The van der Waals surface area contributed by atoms with Gasteiger partial charge in [0.05, 0.1) is 18.8 Å². The van der Waals surface area contributed by atoms with Gasteiger partial charge in [0.25, 0.3) is 11.8 Å². The summed E-state index contributed by atoms with van der Waals surface area (Å²) in [5, 5.41) is 8.26. The van der Waals surface area contributed by atoms with Crippen molar-refractivity contribution < 1.29 is 14.3 Å². The third kappa shape index (κ3) is 6.39. The van der Waals surface area contributed by atoms with Crippen LogP contribution in [-0.4, -0.2) is 56.1 Å². The highest BCUT2D eigenvalue weighted by atomic mass is 32.1. The molecule has 1 fully saturated rings. The van der Waals surface area contributed by atoms with E-state index in [-0.39, 0.29) is 11.8 Å². The molecule has 0 spiro atoms. The van der Waals surface area contributed by atoms with Gasteiger partial charge in [0, 0.05) is 25.2 Å². The third-order valence-electron chi connectivity index (χ3n) is 5.27. The Hall–Kier alpha value is -2.22. The Labute approximate surface area is 182 Å². The van der Waals surface area contributed by atoms with Crippen molar-refractivity contribution in [1.29, 1.82) is 0 Å². The van der Waals surface area contributed by atoms with E-state index in [0.29, 0.717) is 28.6 Å². The molecule has 0 radical (unpaired) electrons. The zero-order chi connectivity index (χ0) is 21.3. The second-order valence-corrected chi connectivity index (χ2v) is 8.73. The van der Waals surface area contributed by atoms with E-state index >= 15 is 0 Å². The molecule has 0 bridgehead atoms. The quantitative estimate of drug-likeness (QED) is 0.592. The van der Waals surface area contributed by atoms with E-state index in [4.69, 9.17) is 4.74 Å². The average Bonchev–Trinajstić information content (AvgIpc) is 3.22. The second-order valence-electron chi connectivity index (χ2n) is 7.81. The van der Waals surface area contributed by atoms with Crippen molar-refractivity contribution in [3.05, 3.63) is 52.4 Å². The van der Waals surface area contributed by atoms with E-state index in [2.05, 4.69) is 29.4 Å². The van der Waals surface area contributed by atoms with Crippen LogP contribution in [0.4, 0.5) is 5.00 Å². The lowest BCUT2D eigenvalue weighted by Gasteiger charge is -2.26. The first-order valence-corrected chi connectivity index (χ1v) is 11.5. The predicted octanol–water partition coefficient (Wildman–Crippen LogP) is 3.97. The van der Waals surface area contributed by atoms with Gasteiger partial charge in [0.2, 0.25) is 0 Å². The number of nitrogens with one attached hydrogen (secondary N) is 2. The standard InChI is InChI=1S/C23H31N3O3S/c1-17(2)18-5-7-19(8-6-18)21(27)25-23-20(9-16-30-23)22(28)24-10-3-4-11-26-12-14-29-15-13-26/h5-9,16-17H,3-4,10-15H2,1-2H3,(H,24,28)(H,25,27). The molecule has 1 aliphatic heterocycles. The number of morpholine rings is 1. The van der Waals surface area contributed by atoms with Gasteiger partial charge in [0.15, 0.2) is 0 Å². The van der Waals surface area contributed by atoms with Gasteiger partial charge in [-0.15, -0.1) is 11.3 Å². The third-order valence-corrected chi connectivity index (χ3v) is 6.10. The van der Waals surface area contributed by atoms with Gasteiger partial charge < -0.3 is 15.4 Å². The summed E-state index contributed by atoms with van der Waals surface area (Å²) < 4.78 is 5.35. The highest BCUT2D eigenvalue weighted by Gasteiger charge is 2.16. The topological polar surface area (TPSA) is 70.7 Å². The van der Waals surface area contributed by atoms with Crippen LogP contribution in [0.15, 0.2) is 35.7 Å². The lowest BCUT2D eigenvalue weighted by molar-refractivity contribution is 0.0372. The van der Waals surface area contributed by atoms with E-state index in [0.717, 1.165) is 45.7 Å². The van der Waals surface area contributed by atoms with Crippen LogP contribution < -0.4 is 10.6 Å². The summed E-state index contributed by atoms with van der Waals surface area (Å²) >= 11 is 1.36. The highest BCUT2D eigenvalue weighted by Crippen LogP contribution is 2.24. The molecule has 0 atom stereocenters. The molecular weight excluding hydrogens is 398 g/mol. The number of ether oxygens (including phenoxy) is 1. The predicted molar refractivity (Wildman–Crippen MR) is 122 cm³/mol. The first-order valence-electron chi connectivity index (χ1n) is 10.6. The monoisotopic (exact) mass is 429 g/mol. The number of thiophene rings is 1. The average molecular weight is 430 g/mol. The Morgan fingerprint density at radius 1 is 1.07 bits per heavy atom. The molecule has 0 saturated carbocycles. The zero-order valence-electron chi connectivity index (χ0n) is 17.8. The minimum Gasteiger partial charge on any atom is -0.379 e.